The van der Waals surface area contributed by atoms with Gasteiger partial charge in [-0.3, -0.25) is 0 Å². The molecule has 0 spiro atoms. The number of hydrogen-bond donors (Lipinski definition) is 2. The van der Waals surface area contributed by atoms with Crippen molar-refractivity contribution in [1.29, 1.82) is 0 Å². The van der Waals surface area contributed by atoms with Crippen LogP contribution in [0.1, 0.15) is 59.3 Å². The molecule has 0 unspecified atom stereocenters. The van der Waals surface area contributed by atoms with Gasteiger partial charge in [0.2, 0.25) is 0 Å². The molecule has 2 aliphatic rings. The molecule has 0 aromatic rings. The normalized spacial score (nSPS) is 29.9. The fourth-order valence-electron chi connectivity index (χ4n) is 4.07. The van der Waals surface area contributed by atoms with Crippen LogP contribution in [0.25, 0.3) is 0 Å². The third-order valence-corrected chi connectivity index (χ3v) is 4.79. The highest BCUT2D eigenvalue weighted by Crippen LogP contribution is 2.21. The maximum absolute atomic E-state index is 12.1. The maximum Gasteiger partial charge on any atom is 0.315 e. The van der Waals surface area contributed by atoms with E-state index >= 15 is 0 Å². The standard InChI is InChI=1S/C17H33N3O/c1-13-9-14(2)11-20(10-13)12-15(3)18-17(21)19-16-7-5-4-6-8-16/h13-16H,4-12H2,1-3H3,(H2,18,19,21)/t13-,14+,15-/m1/s1. The van der Waals surface area contributed by atoms with E-state index < -0.39 is 0 Å². The predicted molar refractivity (Wildman–Crippen MR) is 87.4 cm³/mol. The van der Waals surface area contributed by atoms with Crippen LogP contribution in [0.3, 0.4) is 0 Å². The first-order valence-corrected chi connectivity index (χ1v) is 8.82. The molecule has 2 N–H and O–H groups in total. The smallest absolute Gasteiger partial charge is 0.315 e. The highest BCUT2D eigenvalue weighted by atomic mass is 16.2. The number of nitrogens with zero attached hydrogens (tertiary/aromatic N) is 1. The summed E-state index contributed by atoms with van der Waals surface area (Å²) in [5, 5.41) is 6.25. The lowest BCUT2D eigenvalue weighted by Gasteiger charge is -2.36. The summed E-state index contributed by atoms with van der Waals surface area (Å²) < 4.78 is 0. The Hall–Kier alpha value is -0.770. The Labute approximate surface area is 130 Å². The molecule has 1 aliphatic carbocycles. The predicted octanol–water partition coefficient (Wildman–Crippen LogP) is 2.98. The van der Waals surface area contributed by atoms with Crippen LogP contribution in [0, 0.1) is 11.8 Å². The van der Waals surface area contributed by atoms with Gasteiger partial charge in [-0.25, -0.2) is 4.79 Å². The SMILES string of the molecule is C[C@@H]1C[C@H](C)CN(C[C@@H](C)NC(=O)NC2CCCCC2)C1. The van der Waals surface area contributed by atoms with E-state index in [-0.39, 0.29) is 12.1 Å². The molecule has 122 valence electrons. The van der Waals surface area contributed by atoms with Crippen molar-refractivity contribution in [2.24, 2.45) is 11.8 Å². The molecule has 0 bridgehead atoms. The molecule has 1 heterocycles. The molecule has 4 nitrogen and oxygen atoms in total. The van der Waals surface area contributed by atoms with Crippen LogP contribution in [0.2, 0.25) is 0 Å². The topological polar surface area (TPSA) is 44.4 Å². The van der Waals surface area contributed by atoms with Crippen molar-refractivity contribution in [3.05, 3.63) is 0 Å². The molecule has 3 atom stereocenters. The van der Waals surface area contributed by atoms with E-state index in [2.05, 4.69) is 36.3 Å². The number of piperidine rings is 1. The lowest BCUT2D eigenvalue weighted by Crippen LogP contribution is -2.51. The van der Waals surface area contributed by atoms with Crippen molar-refractivity contribution >= 4 is 6.03 Å². The first-order chi connectivity index (χ1) is 10.0. The van der Waals surface area contributed by atoms with Crippen molar-refractivity contribution < 1.29 is 4.79 Å². The van der Waals surface area contributed by atoms with E-state index in [1.807, 2.05) is 0 Å². The minimum absolute atomic E-state index is 0.0208. The summed E-state index contributed by atoms with van der Waals surface area (Å²) >= 11 is 0. The highest BCUT2D eigenvalue weighted by Gasteiger charge is 2.23. The highest BCUT2D eigenvalue weighted by molar-refractivity contribution is 5.74. The second-order valence-corrected chi connectivity index (χ2v) is 7.52. The minimum Gasteiger partial charge on any atom is -0.335 e. The van der Waals surface area contributed by atoms with Gasteiger partial charge in [0, 0.05) is 31.7 Å². The Morgan fingerprint density at radius 3 is 2.38 bits per heavy atom. The molecule has 0 aromatic carbocycles. The summed E-state index contributed by atoms with van der Waals surface area (Å²) in [5.41, 5.74) is 0. The van der Waals surface area contributed by atoms with Crippen molar-refractivity contribution in [2.75, 3.05) is 19.6 Å². The molecular formula is C17H33N3O. The Morgan fingerprint density at radius 1 is 1.14 bits per heavy atom. The quantitative estimate of drug-likeness (QED) is 0.837. The zero-order valence-electron chi connectivity index (χ0n) is 14.0. The number of amides is 2. The molecule has 1 saturated carbocycles. The van der Waals surface area contributed by atoms with Gasteiger partial charge >= 0.3 is 6.03 Å². The first kappa shape index (κ1) is 16.6. The average molecular weight is 295 g/mol. The molecule has 2 amide bonds. The second kappa shape index (κ2) is 8.02. The average Bonchev–Trinajstić information content (AvgIpc) is 2.37. The summed E-state index contributed by atoms with van der Waals surface area (Å²) in [7, 11) is 0. The third kappa shape index (κ3) is 5.85. The van der Waals surface area contributed by atoms with E-state index in [1.54, 1.807) is 0 Å². The fourth-order valence-corrected chi connectivity index (χ4v) is 4.07. The van der Waals surface area contributed by atoms with Crippen molar-refractivity contribution in [3.63, 3.8) is 0 Å². The molecule has 1 aliphatic heterocycles. The number of carbonyl (C=O) groups excluding carboxylic acids is 1. The van der Waals surface area contributed by atoms with Crippen LogP contribution in [-0.2, 0) is 0 Å². The molecular weight excluding hydrogens is 262 g/mol. The lowest BCUT2D eigenvalue weighted by molar-refractivity contribution is 0.131. The Kier molecular flexibility index (Phi) is 6.34. The number of nitrogens with one attached hydrogen (secondary N) is 2. The van der Waals surface area contributed by atoms with Gasteiger partial charge in [0.1, 0.15) is 0 Å². The molecule has 0 aromatic heterocycles. The summed E-state index contributed by atoms with van der Waals surface area (Å²) in [6.07, 6.45) is 7.45. The Morgan fingerprint density at radius 2 is 1.76 bits per heavy atom. The molecule has 0 radical (unpaired) electrons. The number of urea groups is 1. The largest absolute Gasteiger partial charge is 0.335 e. The Bertz CT molecular complexity index is 318. The number of likely N-dealkylation sites (tertiary alicyclic amines) is 1. The summed E-state index contributed by atoms with van der Waals surface area (Å²) in [5.74, 6) is 1.55. The van der Waals surface area contributed by atoms with E-state index in [9.17, 15) is 4.79 Å². The zero-order valence-corrected chi connectivity index (χ0v) is 14.0. The fraction of sp³-hybridized carbons (Fsp3) is 0.941. The van der Waals surface area contributed by atoms with Gasteiger partial charge in [-0.2, -0.15) is 0 Å². The zero-order chi connectivity index (χ0) is 15.2. The van der Waals surface area contributed by atoms with Crippen molar-refractivity contribution in [2.45, 2.75) is 71.4 Å². The van der Waals surface area contributed by atoms with E-state index in [4.69, 9.17) is 0 Å². The van der Waals surface area contributed by atoms with Crippen LogP contribution in [0.5, 0.6) is 0 Å². The summed E-state index contributed by atoms with van der Waals surface area (Å²) in [6, 6.07) is 0.625. The van der Waals surface area contributed by atoms with Gasteiger partial charge in [-0.1, -0.05) is 33.1 Å². The van der Waals surface area contributed by atoms with Gasteiger partial charge < -0.3 is 15.5 Å². The van der Waals surface area contributed by atoms with Gasteiger partial charge in [0.05, 0.1) is 0 Å². The monoisotopic (exact) mass is 295 g/mol. The Balaban J connectivity index is 1.68. The number of carbonyl (C=O) groups is 1. The van der Waals surface area contributed by atoms with Gasteiger partial charge in [0.15, 0.2) is 0 Å². The van der Waals surface area contributed by atoms with Gasteiger partial charge in [-0.05, 0) is 38.0 Å². The van der Waals surface area contributed by atoms with Gasteiger partial charge in [0.25, 0.3) is 0 Å². The summed E-state index contributed by atoms with van der Waals surface area (Å²) in [6.45, 7) is 10.1. The molecule has 1 saturated heterocycles. The second-order valence-electron chi connectivity index (χ2n) is 7.52. The van der Waals surface area contributed by atoms with Gasteiger partial charge in [-0.15, -0.1) is 0 Å². The van der Waals surface area contributed by atoms with Crippen LogP contribution in [0.15, 0.2) is 0 Å². The summed E-state index contributed by atoms with van der Waals surface area (Å²) in [4.78, 5) is 14.6. The maximum atomic E-state index is 12.1. The molecule has 2 rings (SSSR count). The minimum atomic E-state index is 0.0208. The van der Waals surface area contributed by atoms with Crippen molar-refractivity contribution in [3.8, 4) is 0 Å². The van der Waals surface area contributed by atoms with Crippen LogP contribution < -0.4 is 10.6 Å². The lowest BCUT2D eigenvalue weighted by atomic mass is 9.92. The first-order valence-electron chi connectivity index (χ1n) is 8.82. The van der Waals surface area contributed by atoms with E-state index in [1.165, 1.54) is 38.8 Å². The van der Waals surface area contributed by atoms with Crippen molar-refractivity contribution in [1.82, 2.24) is 15.5 Å². The van der Waals surface area contributed by atoms with Crippen LogP contribution in [0.4, 0.5) is 4.79 Å². The third-order valence-electron chi connectivity index (χ3n) is 4.79. The molecule has 4 heteroatoms. The molecule has 2 fully saturated rings. The van der Waals surface area contributed by atoms with E-state index in [0.717, 1.165) is 31.2 Å². The molecule has 21 heavy (non-hydrogen) atoms. The number of hydrogen-bond acceptors (Lipinski definition) is 2. The van der Waals surface area contributed by atoms with E-state index in [0.29, 0.717) is 6.04 Å². The number of rotatable bonds is 4. The van der Waals surface area contributed by atoms with Crippen LogP contribution >= 0.6 is 0 Å². The van der Waals surface area contributed by atoms with Crippen LogP contribution in [-0.4, -0.2) is 42.6 Å².